The first-order valence-corrected chi connectivity index (χ1v) is 9.76. The molecule has 2 rings (SSSR count). The Kier molecular flexibility index (Phi) is 7.84. The van der Waals surface area contributed by atoms with Crippen LogP contribution in [0.25, 0.3) is 0 Å². The van der Waals surface area contributed by atoms with Crippen molar-refractivity contribution >= 4 is 5.96 Å². The van der Waals surface area contributed by atoms with Crippen molar-refractivity contribution in [3.05, 3.63) is 47.0 Å². The highest BCUT2D eigenvalue weighted by molar-refractivity contribution is 5.80. The van der Waals surface area contributed by atoms with Crippen LogP contribution in [0.4, 0.5) is 4.39 Å². The number of halogens is 1. The van der Waals surface area contributed by atoms with E-state index in [9.17, 15) is 4.39 Å². The second-order valence-corrected chi connectivity index (χ2v) is 7.10. The highest BCUT2D eigenvalue weighted by Gasteiger charge is 2.14. The molecule has 0 saturated carbocycles. The summed E-state index contributed by atoms with van der Waals surface area (Å²) in [5, 5.41) is 11.2. The summed E-state index contributed by atoms with van der Waals surface area (Å²) in [6.45, 7) is 11.3. The lowest BCUT2D eigenvalue weighted by molar-refractivity contribution is 0.220. The molecular weight excluding hydrogens is 357 g/mol. The first kappa shape index (κ1) is 21.7. The van der Waals surface area contributed by atoms with Gasteiger partial charge in [-0.05, 0) is 58.7 Å². The lowest BCUT2D eigenvalue weighted by Gasteiger charge is -2.19. The zero-order valence-electron chi connectivity index (χ0n) is 17.7. The number of ether oxygens (including phenoxy) is 1. The highest BCUT2D eigenvalue weighted by Crippen LogP contribution is 2.17. The lowest BCUT2D eigenvalue weighted by atomic mass is 10.1. The fourth-order valence-corrected chi connectivity index (χ4v) is 3.04. The molecular formula is C21H32FN5O. The van der Waals surface area contributed by atoms with Crippen LogP contribution >= 0.6 is 0 Å². The third-order valence-electron chi connectivity index (χ3n) is 4.57. The number of rotatable bonds is 8. The van der Waals surface area contributed by atoms with Gasteiger partial charge in [-0.25, -0.2) is 9.38 Å². The number of para-hydroxylation sites is 1. The number of nitrogens with one attached hydrogen (secondary N) is 2. The summed E-state index contributed by atoms with van der Waals surface area (Å²) in [6.07, 6.45) is 0.613. The van der Waals surface area contributed by atoms with Gasteiger partial charge in [-0.15, -0.1) is 0 Å². The second-order valence-electron chi connectivity index (χ2n) is 7.10. The fraction of sp³-hybridized carbons (Fsp3) is 0.524. The van der Waals surface area contributed by atoms with Gasteiger partial charge in [-0.3, -0.25) is 4.68 Å². The minimum absolute atomic E-state index is 0.183. The van der Waals surface area contributed by atoms with Gasteiger partial charge in [0, 0.05) is 25.3 Å². The summed E-state index contributed by atoms with van der Waals surface area (Å²) in [5.74, 6) is 0.608. The quantitative estimate of drug-likeness (QED) is 0.538. The van der Waals surface area contributed by atoms with E-state index < -0.39 is 0 Å². The molecule has 0 radical (unpaired) electrons. The molecule has 0 aliphatic rings. The molecule has 0 spiro atoms. The maximum absolute atomic E-state index is 13.7. The van der Waals surface area contributed by atoms with Crippen LogP contribution in [0.2, 0.25) is 0 Å². The van der Waals surface area contributed by atoms with E-state index in [2.05, 4.69) is 34.6 Å². The molecule has 2 atom stereocenters. The SMILES string of the molecule is CCNC(=NCC(C)Oc1ccccc1F)NC(C)Cc1c(C)nn(C)c1C. The van der Waals surface area contributed by atoms with Crippen LogP contribution in [-0.2, 0) is 13.5 Å². The molecule has 0 aliphatic heterocycles. The second kappa shape index (κ2) is 10.1. The molecule has 7 heteroatoms. The van der Waals surface area contributed by atoms with Gasteiger partial charge in [0.2, 0.25) is 0 Å². The van der Waals surface area contributed by atoms with Crippen LogP contribution in [0.5, 0.6) is 5.75 Å². The first-order valence-electron chi connectivity index (χ1n) is 9.76. The molecule has 2 N–H and O–H groups in total. The monoisotopic (exact) mass is 389 g/mol. The molecule has 0 aliphatic carbocycles. The summed E-state index contributed by atoms with van der Waals surface area (Å²) < 4.78 is 21.3. The summed E-state index contributed by atoms with van der Waals surface area (Å²) in [5.41, 5.74) is 3.50. The van der Waals surface area contributed by atoms with Crippen LogP contribution in [0.3, 0.4) is 0 Å². The van der Waals surface area contributed by atoms with E-state index in [4.69, 9.17) is 4.74 Å². The Hall–Kier alpha value is -2.57. The first-order chi connectivity index (χ1) is 13.3. The molecule has 0 amide bonds. The Morgan fingerprint density at radius 3 is 2.61 bits per heavy atom. The topological polar surface area (TPSA) is 63.5 Å². The molecule has 1 aromatic heterocycles. The van der Waals surface area contributed by atoms with Crippen LogP contribution in [0.1, 0.15) is 37.7 Å². The van der Waals surface area contributed by atoms with Gasteiger partial charge in [0.15, 0.2) is 17.5 Å². The molecule has 1 heterocycles. The van der Waals surface area contributed by atoms with Gasteiger partial charge < -0.3 is 15.4 Å². The van der Waals surface area contributed by atoms with E-state index in [1.807, 2.05) is 32.5 Å². The minimum Gasteiger partial charge on any atom is -0.486 e. The Morgan fingerprint density at radius 1 is 1.29 bits per heavy atom. The number of guanidine groups is 1. The summed E-state index contributed by atoms with van der Waals surface area (Å²) >= 11 is 0. The molecule has 6 nitrogen and oxygen atoms in total. The average molecular weight is 390 g/mol. The minimum atomic E-state index is -0.362. The molecule has 2 aromatic rings. The molecule has 154 valence electrons. The van der Waals surface area contributed by atoms with E-state index in [0.717, 1.165) is 24.6 Å². The number of benzene rings is 1. The Balaban J connectivity index is 1.96. The van der Waals surface area contributed by atoms with Gasteiger partial charge in [0.25, 0.3) is 0 Å². The maximum Gasteiger partial charge on any atom is 0.191 e. The van der Waals surface area contributed by atoms with Crippen molar-refractivity contribution in [2.75, 3.05) is 13.1 Å². The number of hydrogen-bond donors (Lipinski definition) is 2. The van der Waals surface area contributed by atoms with Gasteiger partial charge in [-0.1, -0.05) is 12.1 Å². The van der Waals surface area contributed by atoms with E-state index in [-0.39, 0.29) is 23.7 Å². The third kappa shape index (κ3) is 5.97. The predicted octanol–water partition coefficient (Wildman–Crippen LogP) is 3.13. The third-order valence-corrected chi connectivity index (χ3v) is 4.57. The number of aromatic nitrogens is 2. The van der Waals surface area contributed by atoms with Crippen LogP contribution in [0, 0.1) is 19.7 Å². The lowest BCUT2D eigenvalue weighted by Crippen LogP contribution is -2.43. The smallest absolute Gasteiger partial charge is 0.191 e. The van der Waals surface area contributed by atoms with Crippen molar-refractivity contribution in [3.8, 4) is 5.75 Å². The largest absolute Gasteiger partial charge is 0.486 e. The van der Waals surface area contributed by atoms with E-state index in [1.165, 1.54) is 17.3 Å². The number of aliphatic imine (C=N–C) groups is 1. The average Bonchev–Trinajstić information content (AvgIpc) is 2.88. The molecule has 0 bridgehead atoms. The molecule has 2 unspecified atom stereocenters. The Morgan fingerprint density at radius 2 is 2.00 bits per heavy atom. The van der Waals surface area contributed by atoms with Crippen molar-refractivity contribution in [3.63, 3.8) is 0 Å². The van der Waals surface area contributed by atoms with Crippen molar-refractivity contribution in [1.29, 1.82) is 0 Å². The van der Waals surface area contributed by atoms with E-state index in [1.54, 1.807) is 18.2 Å². The molecule has 28 heavy (non-hydrogen) atoms. The van der Waals surface area contributed by atoms with Crippen molar-refractivity contribution in [2.24, 2.45) is 12.0 Å². The van der Waals surface area contributed by atoms with Crippen LogP contribution < -0.4 is 15.4 Å². The molecule has 0 fully saturated rings. The van der Waals surface area contributed by atoms with Crippen molar-refractivity contribution < 1.29 is 9.13 Å². The standard InChI is InChI=1S/C21H32FN5O/c1-7-23-21(24-13-15(3)28-20-11-9-8-10-19(20)22)25-14(2)12-18-16(4)26-27(6)17(18)5/h8-11,14-15H,7,12-13H2,1-6H3,(H2,23,24,25). The van der Waals surface area contributed by atoms with Gasteiger partial charge >= 0.3 is 0 Å². The zero-order chi connectivity index (χ0) is 20.7. The Labute approximate surface area is 167 Å². The van der Waals surface area contributed by atoms with Crippen molar-refractivity contribution in [1.82, 2.24) is 20.4 Å². The predicted molar refractivity (Wildman–Crippen MR) is 111 cm³/mol. The normalized spacial score (nSPS) is 13.9. The Bertz CT molecular complexity index is 802. The maximum atomic E-state index is 13.7. The number of hydrogen-bond acceptors (Lipinski definition) is 3. The van der Waals surface area contributed by atoms with Crippen LogP contribution in [-0.4, -0.2) is 41.0 Å². The van der Waals surface area contributed by atoms with Gasteiger partial charge in [0.1, 0.15) is 6.10 Å². The molecule has 1 aromatic carbocycles. The fourth-order valence-electron chi connectivity index (χ4n) is 3.04. The summed E-state index contributed by atoms with van der Waals surface area (Å²) in [4.78, 5) is 4.60. The number of nitrogens with zero attached hydrogens (tertiary/aromatic N) is 3. The van der Waals surface area contributed by atoms with Gasteiger partial charge in [0.05, 0.1) is 12.2 Å². The number of aryl methyl sites for hydroxylation is 2. The molecule has 0 saturated heterocycles. The summed E-state index contributed by atoms with van der Waals surface area (Å²) in [7, 11) is 1.96. The van der Waals surface area contributed by atoms with Crippen molar-refractivity contribution in [2.45, 2.75) is 53.2 Å². The summed E-state index contributed by atoms with van der Waals surface area (Å²) in [6, 6.07) is 6.60. The highest BCUT2D eigenvalue weighted by atomic mass is 19.1. The van der Waals surface area contributed by atoms with Crippen LogP contribution in [0.15, 0.2) is 29.3 Å². The van der Waals surface area contributed by atoms with E-state index in [0.29, 0.717) is 6.54 Å². The van der Waals surface area contributed by atoms with E-state index >= 15 is 0 Å². The van der Waals surface area contributed by atoms with Gasteiger partial charge in [-0.2, -0.15) is 5.10 Å². The zero-order valence-corrected chi connectivity index (χ0v) is 17.7.